The average Bonchev–Trinajstić information content (AvgIpc) is 3.05. The summed E-state index contributed by atoms with van der Waals surface area (Å²) in [6, 6.07) is 4.07. The van der Waals surface area contributed by atoms with Crippen LogP contribution in [0, 0.1) is 0 Å². The number of likely N-dealkylation sites (tertiary alicyclic amines) is 1. The number of nitrogens with one attached hydrogen (secondary N) is 1. The number of benzene rings is 1. The number of piperidine rings is 1. The molecule has 0 unspecified atom stereocenters. The molecule has 3 rings (SSSR count). The lowest BCUT2D eigenvalue weighted by molar-refractivity contribution is -0.125. The van der Waals surface area contributed by atoms with Crippen LogP contribution in [0.5, 0.6) is 0 Å². The molecule has 1 fully saturated rings. The largest absolute Gasteiger partial charge is 0.452 e. The van der Waals surface area contributed by atoms with Crippen molar-refractivity contribution < 1.29 is 33.4 Å². The van der Waals surface area contributed by atoms with Crippen LogP contribution in [0.4, 0.5) is 4.79 Å². The third kappa shape index (κ3) is 5.68. The van der Waals surface area contributed by atoms with E-state index in [4.69, 9.17) is 9.47 Å². The van der Waals surface area contributed by atoms with Gasteiger partial charge in [0.2, 0.25) is 0 Å². The molecule has 0 bridgehead atoms. The molecule has 178 valence electrons. The smallest absolute Gasteiger partial charge is 0.409 e. The fraction of sp³-hybridized carbons (Fsp3) is 0.522. The maximum Gasteiger partial charge on any atom is 0.409 e. The molecule has 1 aromatic carbocycles. The van der Waals surface area contributed by atoms with Crippen molar-refractivity contribution in [3.63, 3.8) is 0 Å². The molecule has 2 aliphatic rings. The molecule has 0 radical (unpaired) electrons. The van der Waals surface area contributed by atoms with Crippen LogP contribution in [-0.2, 0) is 14.3 Å². The Labute approximate surface area is 192 Å². The molecule has 10 nitrogen and oxygen atoms in total. The monoisotopic (exact) mass is 459 g/mol. The van der Waals surface area contributed by atoms with Gasteiger partial charge in [-0.3, -0.25) is 19.3 Å². The van der Waals surface area contributed by atoms with E-state index in [-0.39, 0.29) is 34.7 Å². The van der Waals surface area contributed by atoms with Crippen molar-refractivity contribution in [2.45, 2.75) is 45.6 Å². The van der Waals surface area contributed by atoms with E-state index in [1.807, 2.05) is 6.92 Å². The van der Waals surface area contributed by atoms with E-state index in [1.54, 1.807) is 11.8 Å². The Kier molecular flexibility index (Phi) is 8.02. The molecule has 10 heteroatoms. The quantitative estimate of drug-likeness (QED) is 0.466. The van der Waals surface area contributed by atoms with Crippen LogP contribution in [0.25, 0.3) is 0 Å². The van der Waals surface area contributed by atoms with Crippen LogP contribution in [0.2, 0.25) is 0 Å². The number of rotatable bonds is 8. The Balaban J connectivity index is 1.48. The van der Waals surface area contributed by atoms with Crippen molar-refractivity contribution in [2.75, 3.05) is 32.8 Å². The van der Waals surface area contributed by atoms with E-state index < -0.39 is 24.4 Å². The van der Waals surface area contributed by atoms with E-state index in [0.29, 0.717) is 45.5 Å². The van der Waals surface area contributed by atoms with E-state index in [9.17, 15) is 24.0 Å². The van der Waals surface area contributed by atoms with Gasteiger partial charge in [-0.15, -0.1) is 0 Å². The van der Waals surface area contributed by atoms with Gasteiger partial charge in [0.1, 0.15) is 0 Å². The van der Waals surface area contributed by atoms with Gasteiger partial charge >= 0.3 is 12.1 Å². The molecular formula is C23H29N3O7. The van der Waals surface area contributed by atoms with Crippen molar-refractivity contribution in [3.05, 3.63) is 34.9 Å². The topological polar surface area (TPSA) is 122 Å². The highest BCUT2D eigenvalue weighted by atomic mass is 16.6. The van der Waals surface area contributed by atoms with Gasteiger partial charge in [0.25, 0.3) is 17.7 Å². The second-order valence-electron chi connectivity index (χ2n) is 7.98. The Morgan fingerprint density at radius 2 is 1.73 bits per heavy atom. The number of hydrogen-bond donors (Lipinski definition) is 1. The second-order valence-corrected chi connectivity index (χ2v) is 7.98. The van der Waals surface area contributed by atoms with Gasteiger partial charge in [-0.1, -0.05) is 13.3 Å². The van der Waals surface area contributed by atoms with Gasteiger partial charge in [0.05, 0.1) is 23.3 Å². The van der Waals surface area contributed by atoms with Crippen LogP contribution in [0.15, 0.2) is 18.2 Å². The van der Waals surface area contributed by atoms with E-state index in [1.165, 1.54) is 23.1 Å². The van der Waals surface area contributed by atoms with Crippen molar-refractivity contribution in [3.8, 4) is 0 Å². The number of unbranched alkanes of at least 4 members (excludes halogenated alkanes) is 1. The lowest BCUT2D eigenvalue weighted by Crippen LogP contribution is -2.47. The molecule has 2 heterocycles. The predicted octanol–water partition coefficient (Wildman–Crippen LogP) is 1.98. The Hall–Kier alpha value is -3.43. The number of ether oxygens (including phenoxy) is 2. The van der Waals surface area contributed by atoms with Gasteiger partial charge in [-0.25, -0.2) is 9.59 Å². The third-order valence-electron chi connectivity index (χ3n) is 5.66. The van der Waals surface area contributed by atoms with Gasteiger partial charge in [0, 0.05) is 25.7 Å². The molecule has 0 saturated carbocycles. The van der Waals surface area contributed by atoms with E-state index >= 15 is 0 Å². The summed E-state index contributed by atoms with van der Waals surface area (Å²) in [6.45, 7) is 4.84. The summed E-state index contributed by atoms with van der Waals surface area (Å²) in [5.41, 5.74) is 0.533. The number of carbonyl (C=O) groups excluding carboxylic acids is 5. The maximum atomic E-state index is 12.5. The summed E-state index contributed by atoms with van der Waals surface area (Å²) in [5, 5.41) is 2.80. The molecule has 1 saturated heterocycles. The summed E-state index contributed by atoms with van der Waals surface area (Å²) in [6.07, 6.45) is 2.34. The molecule has 0 aliphatic carbocycles. The Morgan fingerprint density at radius 1 is 1.03 bits per heavy atom. The third-order valence-corrected chi connectivity index (χ3v) is 5.66. The second kappa shape index (κ2) is 10.9. The van der Waals surface area contributed by atoms with Crippen LogP contribution < -0.4 is 5.32 Å². The van der Waals surface area contributed by atoms with Gasteiger partial charge < -0.3 is 19.7 Å². The van der Waals surface area contributed by atoms with Crippen molar-refractivity contribution in [2.24, 2.45) is 0 Å². The van der Waals surface area contributed by atoms with Crippen LogP contribution in [0.3, 0.4) is 0 Å². The number of amides is 4. The molecule has 4 amide bonds. The number of fused-ring (bicyclic) bond motifs is 1. The minimum Gasteiger partial charge on any atom is -0.452 e. The molecule has 0 aromatic heterocycles. The number of esters is 1. The summed E-state index contributed by atoms with van der Waals surface area (Å²) in [5.74, 6) is -1.99. The first-order valence-electron chi connectivity index (χ1n) is 11.2. The zero-order chi connectivity index (χ0) is 24.0. The SMILES string of the molecule is CCCCN1C(=O)c2ccc(C(=O)OCC(=O)NC3CCN(C(=O)OCC)CC3)cc2C1=O. The molecular weight excluding hydrogens is 430 g/mol. The van der Waals surface area contributed by atoms with Gasteiger partial charge in [-0.2, -0.15) is 0 Å². The lowest BCUT2D eigenvalue weighted by atomic mass is 10.1. The highest BCUT2D eigenvalue weighted by molar-refractivity contribution is 6.22. The number of nitrogens with zero attached hydrogens (tertiary/aromatic N) is 2. The normalized spacial score (nSPS) is 15.9. The lowest BCUT2D eigenvalue weighted by Gasteiger charge is -2.31. The predicted molar refractivity (Wildman–Crippen MR) is 117 cm³/mol. The molecule has 33 heavy (non-hydrogen) atoms. The first-order chi connectivity index (χ1) is 15.8. The Morgan fingerprint density at radius 3 is 2.39 bits per heavy atom. The van der Waals surface area contributed by atoms with Crippen LogP contribution in [0.1, 0.15) is 70.6 Å². The number of imide groups is 1. The summed E-state index contributed by atoms with van der Waals surface area (Å²) >= 11 is 0. The van der Waals surface area contributed by atoms with E-state index in [2.05, 4.69) is 5.32 Å². The standard InChI is InChI=1S/C23H29N3O7/c1-3-5-10-26-20(28)17-7-6-15(13-18(17)21(26)29)22(30)33-14-19(27)24-16-8-11-25(12-9-16)23(31)32-4-2/h6-7,13,16H,3-5,8-12,14H2,1-2H3,(H,24,27). The minimum absolute atomic E-state index is 0.0998. The van der Waals surface area contributed by atoms with Crippen molar-refractivity contribution in [1.82, 2.24) is 15.1 Å². The van der Waals surface area contributed by atoms with Gasteiger partial charge in [-0.05, 0) is 44.4 Å². The zero-order valence-corrected chi connectivity index (χ0v) is 18.9. The fourth-order valence-electron chi connectivity index (χ4n) is 3.84. The Bertz CT molecular complexity index is 938. The van der Waals surface area contributed by atoms with Crippen molar-refractivity contribution >= 4 is 29.8 Å². The first kappa shape index (κ1) is 24.2. The summed E-state index contributed by atoms with van der Waals surface area (Å²) < 4.78 is 10.1. The highest BCUT2D eigenvalue weighted by Gasteiger charge is 2.35. The number of carbonyl (C=O) groups is 5. The van der Waals surface area contributed by atoms with Crippen molar-refractivity contribution in [1.29, 1.82) is 0 Å². The molecule has 1 aromatic rings. The molecule has 0 atom stereocenters. The molecule has 2 aliphatic heterocycles. The number of hydrogen-bond acceptors (Lipinski definition) is 7. The summed E-state index contributed by atoms with van der Waals surface area (Å²) in [4.78, 5) is 64.0. The highest BCUT2D eigenvalue weighted by Crippen LogP contribution is 2.24. The van der Waals surface area contributed by atoms with Gasteiger partial charge in [0.15, 0.2) is 6.61 Å². The molecule has 0 spiro atoms. The van der Waals surface area contributed by atoms with E-state index in [0.717, 1.165) is 6.42 Å². The van der Waals surface area contributed by atoms with Crippen LogP contribution >= 0.6 is 0 Å². The minimum atomic E-state index is -0.752. The molecule has 1 N–H and O–H groups in total. The average molecular weight is 459 g/mol. The summed E-state index contributed by atoms with van der Waals surface area (Å²) in [7, 11) is 0. The first-order valence-corrected chi connectivity index (χ1v) is 11.2. The zero-order valence-electron chi connectivity index (χ0n) is 18.9. The maximum absolute atomic E-state index is 12.5. The fourth-order valence-corrected chi connectivity index (χ4v) is 3.84. The van der Waals surface area contributed by atoms with Crippen LogP contribution in [-0.4, -0.2) is 78.5 Å².